The monoisotopic (exact) mass is 208 g/mol. The SMILES string of the molecule is Cn1cc(CN2CCCC(C=O)C2)nn1. The molecule has 2 heterocycles. The van der Waals surface area contributed by atoms with Crippen LogP contribution in [0.4, 0.5) is 0 Å². The first-order valence-electron chi connectivity index (χ1n) is 5.31. The number of nitrogens with zero attached hydrogens (tertiary/aromatic N) is 4. The molecule has 1 aromatic heterocycles. The van der Waals surface area contributed by atoms with E-state index in [4.69, 9.17) is 0 Å². The molecule has 2 rings (SSSR count). The van der Waals surface area contributed by atoms with Crippen molar-refractivity contribution < 1.29 is 4.79 Å². The Labute approximate surface area is 89.1 Å². The maximum absolute atomic E-state index is 10.7. The van der Waals surface area contributed by atoms with Gasteiger partial charge in [0, 0.05) is 32.3 Å². The van der Waals surface area contributed by atoms with Crippen molar-refractivity contribution in [2.75, 3.05) is 13.1 Å². The van der Waals surface area contributed by atoms with Gasteiger partial charge in [0.1, 0.15) is 6.29 Å². The quantitative estimate of drug-likeness (QED) is 0.667. The van der Waals surface area contributed by atoms with E-state index < -0.39 is 0 Å². The molecule has 1 aliphatic rings. The summed E-state index contributed by atoms with van der Waals surface area (Å²) in [5.41, 5.74) is 0.976. The van der Waals surface area contributed by atoms with Crippen molar-refractivity contribution in [1.29, 1.82) is 0 Å². The first-order valence-corrected chi connectivity index (χ1v) is 5.31. The summed E-state index contributed by atoms with van der Waals surface area (Å²) in [4.78, 5) is 13.0. The highest BCUT2D eigenvalue weighted by Gasteiger charge is 2.19. The summed E-state index contributed by atoms with van der Waals surface area (Å²) in [5, 5.41) is 7.94. The molecule has 0 radical (unpaired) electrons. The molecule has 0 bridgehead atoms. The first-order chi connectivity index (χ1) is 7.28. The third-order valence-electron chi connectivity index (χ3n) is 2.77. The Morgan fingerprint density at radius 1 is 1.67 bits per heavy atom. The van der Waals surface area contributed by atoms with Crippen LogP contribution in [0.2, 0.25) is 0 Å². The van der Waals surface area contributed by atoms with Crippen molar-refractivity contribution in [2.24, 2.45) is 13.0 Å². The van der Waals surface area contributed by atoms with Gasteiger partial charge in [0.25, 0.3) is 0 Å². The van der Waals surface area contributed by atoms with Gasteiger partial charge in [-0.3, -0.25) is 9.58 Å². The van der Waals surface area contributed by atoms with Crippen LogP contribution in [0.5, 0.6) is 0 Å². The van der Waals surface area contributed by atoms with E-state index in [1.807, 2.05) is 13.2 Å². The Morgan fingerprint density at radius 2 is 2.53 bits per heavy atom. The smallest absolute Gasteiger partial charge is 0.124 e. The van der Waals surface area contributed by atoms with Crippen LogP contribution in [0.15, 0.2) is 6.20 Å². The molecule has 5 heteroatoms. The summed E-state index contributed by atoms with van der Waals surface area (Å²) >= 11 is 0. The first kappa shape index (κ1) is 10.3. The highest BCUT2D eigenvalue weighted by atomic mass is 16.1. The zero-order chi connectivity index (χ0) is 10.7. The fourth-order valence-electron chi connectivity index (χ4n) is 2.04. The molecule has 0 spiro atoms. The van der Waals surface area contributed by atoms with E-state index in [9.17, 15) is 4.79 Å². The van der Waals surface area contributed by atoms with Crippen LogP contribution >= 0.6 is 0 Å². The van der Waals surface area contributed by atoms with Gasteiger partial charge in [0.05, 0.1) is 5.69 Å². The van der Waals surface area contributed by atoms with E-state index >= 15 is 0 Å². The maximum Gasteiger partial charge on any atom is 0.124 e. The van der Waals surface area contributed by atoms with Crippen molar-refractivity contribution in [1.82, 2.24) is 19.9 Å². The topological polar surface area (TPSA) is 51.0 Å². The Hall–Kier alpha value is -1.23. The van der Waals surface area contributed by atoms with Crippen LogP contribution < -0.4 is 0 Å². The van der Waals surface area contributed by atoms with Gasteiger partial charge in [-0.05, 0) is 19.4 Å². The molecular formula is C10H16N4O. The Bertz CT molecular complexity index is 336. The summed E-state index contributed by atoms with van der Waals surface area (Å²) < 4.78 is 1.70. The molecule has 1 aromatic rings. The molecule has 1 unspecified atom stereocenters. The second-order valence-electron chi connectivity index (χ2n) is 4.16. The lowest BCUT2D eigenvalue weighted by Crippen LogP contribution is -2.35. The summed E-state index contributed by atoms with van der Waals surface area (Å²) in [6, 6.07) is 0. The van der Waals surface area contributed by atoms with Gasteiger partial charge in [0.15, 0.2) is 0 Å². The number of likely N-dealkylation sites (tertiary alicyclic amines) is 1. The highest BCUT2D eigenvalue weighted by molar-refractivity contribution is 5.53. The van der Waals surface area contributed by atoms with Gasteiger partial charge >= 0.3 is 0 Å². The second-order valence-corrected chi connectivity index (χ2v) is 4.16. The molecule has 0 saturated carbocycles. The number of piperidine rings is 1. The van der Waals surface area contributed by atoms with Crippen LogP contribution in [0, 0.1) is 5.92 Å². The van der Waals surface area contributed by atoms with Crippen molar-refractivity contribution in [3.8, 4) is 0 Å². The Balaban J connectivity index is 1.91. The van der Waals surface area contributed by atoms with Crippen LogP contribution in [-0.2, 0) is 18.4 Å². The molecule has 0 aromatic carbocycles. The highest BCUT2D eigenvalue weighted by Crippen LogP contribution is 2.15. The van der Waals surface area contributed by atoms with Gasteiger partial charge in [-0.25, -0.2) is 0 Å². The second kappa shape index (κ2) is 4.53. The molecule has 5 nitrogen and oxygen atoms in total. The largest absolute Gasteiger partial charge is 0.303 e. The minimum Gasteiger partial charge on any atom is -0.303 e. The van der Waals surface area contributed by atoms with Crippen molar-refractivity contribution in [3.05, 3.63) is 11.9 Å². The summed E-state index contributed by atoms with van der Waals surface area (Å²) in [6.45, 7) is 2.72. The average molecular weight is 208 g/mol. The number of carbonyl (C=O) groups is 1. The van der Waals surface area contributed by atoms with Gasteiger partial charge < -0.3 is 4.79 Å². The molecule has 0 aliphatic carbocycles. The summed E-state index contributed by atoms with van der Waals surface area (Å²) in [5.74, 6) is 0.204. The Morgan fingerprint density at radius 3 is 3.20 bits per heavy atom. The summed E-state index contributed by atoms with van der Waals surface area (Å²) in [7, 11) is 1.86. The predicted octanol–water partition coefficient (Wildman–Crippen LogP) is 0.226. The Kier molecular flexibility index (Phi) is 3.11. The van der Waals surface area contributed by atoms with Gasteiger partial charge in [-0.15, -0.1) is 5.10 Å². The zero-order valence-corrected chi connectivity index (χ0v) is 8.96. The number of carbonyl (C=O) groups excluding carboxylic acids is 1. The van der Waals surface area contributed by atoms with Crippen molar-refractivity contribution in [2.45, 2.75) is 19.4 Å². The van der Waals surface area contributed by atoms with Crippen LogP contribution in [-0.4, -0.2) is 39.3 Å². The minimum atomic E-state index is 0.204. The van der Waals surface area contributed by atoms with E-state index in [1.54, 1.807) is 4.68 Å². The molecule has 1 fully saturated rings. The molecule has 1 saturated heterocycles. The van der Waals surface area contributed by atoms with Crippen LogP contribution in [0.1, 0.15) is 18.5 Å². The number of aromatic nitrogens is 3. The van der Waals surface area contributed by atoms with Gasteiger partial charge in [-0.2, -0.15) is 0 Å². The number of rotatable bonds is 3. The standard InChI is InChI=1S/C10H16N4O/c1-13-6-10(11-12-13)7-14-4-2-3-9(5-14)8-15/h6,8-9H,2-5,7H2,1H3. The summed E-state index contributed by atoms with van der Waals surface area (Å²) in [6.07, 6.45) is 5.12. The third-order valence-corrected chi connectivity index (χ3v) is 2.77. The van der Waals surface area contributed by atoms with E-state index in [0.29, 0.717) is 0 Å². The van der Waals surface area contributed by atoms with Crippen LogP contribution in [0.3, 0.4) is 0 Å². The van der Waals surface area contributed by atoms with Gasteiger partial charge in [0.2, 0.25) is 0 Å². The fraction of sp³-hybridized carbons (Fsp3) is 0.700. The third kappa shape index (κ3) is 2.62. The molecule has 1 aliphatic heterocycles. The number of hydrogen-bond donors (Lipinski definition) is 0. The van der Waals surface area contributed by atoms with Crippen LogP contribution in [0.25, 0.3) is 0 Å². The maximum atomic E-state index is 10.7. The van der Waals surface area contributed by atoms with E-state index in [0.717, 1.165) is 44.5 Å². The predicted molar refractivity (Wildman–Crippen MR) is 55.1 cm³/mol. The molecular weight excluding hydrogens is 192 g/mol. The van der Waals surface area contributed by atoms with Crippen molar-refractivity contribution in [3.63, 3.8) is 0 Å². The minimum absolute atomic E-state index is 0.204. The normalized spacial score (nSPS) is 22.9. The number of aryl methyl sites for hydroxylation is 1. The lowest BCUT2D eigenvalue weighted by molar-refractivity contribution is -0.112. The fourth-order valence-corrected chi connectivity index (χ4v) is 2.04. The number of hydrogen-bond acceptors (Lipinski definition) is 4. The molecule has 15 heavy (non-hydrogen) atoms. The van der Waals surface area contributed by atoms with Crippen molar-refractivity contribution >= 4 is 6.29 Å². The lowest BCUT2D eigenvalue weighted by Gasteiger charge is -2.29. The van der Waals surface area contributed by atoms with E-state index in [-0.39, 0.29) is 5.92 Å². The number of aldehydes is 1. The lowest BCUT2D eigenvalue weighted by atomic mass is 10.00. The molecule has 0 N–H and O–H groups in total. The molecule has 82 valence electrons. The zero-order valence-electron chi connectivity index (χ0n) is 8.96. The average Bonchev–Trinajstić information content (AvgIpc) is 2.64. The van der Waals surface area contributed by atoms with E-state index in [1.165, 1.54) is 0 Å². The molecule has 1 atom stereocenters. The van der Waals surface area contributed by atoms with E-state index in [2.05, 4.69) is 15.2 Å². The van der Waals surface area contributed by atoms with Gasteiger partial charge in [-0.1, -0.05) is 5.21 Å². The molecule has 0 amide bonds.